The van der Waals surface area contributed by atoms with Gasteiger partial charge in [-0.05, 0) is 92.2 Å². The molecular weight excluding hydrogens is 375 g/mol. The van der Waals surface area contributed by atoms with Crippen molar-refractivity contribution in [1.29, 1.82) is 0 Å². The van der Waals surface area contributed by atoms with Crippen molar-refractivity contribution in [2.75, 3.05) is 0 Å². The second kappa shape index (κ2) is 7.40. The molecule has 4 aliphatic rings. The van der Waals surface area contributed by atoms with E-state index in [1.54, 1.807) is 18.3 Å². The molecule has 160 valence electrons. The van der Waals surface area contributed by atoms with Crippen LogP contribution in [0.3, 0.4) is 0 Å². The number of halogens is 1. The van der Waals surface area contributed by atoms with E-state index in [4.69, 9.17) is 0 Å². The third-order valence-electron chi connectivity index (χ3n) is 9.07. The van der Waals surface area contributed by atoms with Crippen LogP contribution in [0.25, 0.3) is 0 Å². The molecule has 1 N–H and O–H groups in total. The minimum Gasteiger partial charge on any atom is -0.393 e. The number of hydrogen-bond acceptors (Lipinski definition) is 3. The molecule has 3 nitrogen and oxygen atoms in total. The van der Waals surface area contributed by atoms with Crippen LogP contribution in [-0.2, 0) is 0 Å². The van der Waals surface area contributed by atoms with Gasteiger partial charge in [0.25, 0.3) is 0 Å². The Balaban J connectivity index is 1.37. The van der Waals surface area contributed by atoms with Gasteiger partial charge in [-0.2, -0.15) is 10.2 Å². The highest BCUT2D eigenvalue weighted by atomic mass is 19.1. The number of hydrogen-bond donors (Lipinski definition) is 1. The SMILES string of the molecule is C[C@]12CC[C@H](O)CC1=CC[C@@H]1[C@@H]2CC[C@]2(C)/C(=N\N=C/c3ccc(F)cc3)CC[C@@H]12. The first kappa shape index (κ1) is 20.1. The summed E-state index contributed by atoms with van der Waals surface area (Å²) in [5, 5.41) is 19.2. The smallest absolute Gasteiger partial charge is 0.123 e. The summed E-state index contributed by atoms with van der Waals surface area (Å²) in [6, 6.07) is 6.38. The summed E-state index contributed by atoms with van der Waals surface area (Å²) >= 11 is 0. The van der Waals surface area contributed by atoms with Crippen LogP contribution in [0, 0.1) is 34.4 Å². The molecule has 0 aliphatic heterocycles. The molecule has 6 atom stereocenters. The van der Waals surface area contributed by atoms with E-state index < -0.39 is 0 Å². The van der Waals surface area contributed by atoms with Gasteiger partial charge in [-0.15, -0.1) is 0 Å². The van der Waals surface area contributed by atoms with Gasteiger partial charge in [0.1, 0.15) is 5.82 Å². The molecule has 4 heteroatoms. The van der Waals surface area contributed by atoms with Crippen molar-refractivity contribution in [3.05, 3.63) is 47.3 Å². The summed E-state index contributed by atoms with van der Waals surface area (Å²) in [7, 11) is 0. The zero-order valence-electron chi connectivity index (χ0n) is 18.1. The second-order valence-electron chi connectivity index (χ2n) is 10.5. The van der Waals surface area contributed by atoms with Crippen LogP contribution in [-0.4, -0.2) is 23.1 Å². The van der Waals surface area contributed by atoms with Crippen molar-refractivity contribution < 1.29 is 9.50 Å². The van der Waals surface area contributed by atoms with E-state index in [1.807, 2.05) is 0 Å². The fourth-order valence-corrected chi connectivity index (χ4v) is 7.31. The highest BCUT2D eigenvalue weighted by Gasteiger charge is 2.57. The van der Waals surface area contributed by atoms with Gasteiger partial charge < -0.3 is 5.11 Å². The summed E-state index contributed by atoms with van der Waals surface area (Å²) < 4.78 is 13.1. The van der Waals surface area contributed by atoms with Gasteiger partial charge in [-0.25, -0.2) is 4.39 Å². The van der Waals surface area contributed by atoms with E-state index in [0.717, 1.165) is 49.5 Å². The van der Waals surface area contributed by atoms with Crippen LogP contribution in [0.4, 0.5) is 4.39 Å². The van der Waals surface area contributed by atoms with Crippen molar-refractivity contribution in [2.24, 2.45) is 38.8 Å². The maximum Gasteiger partial charge on any atom is 0.123 e. The van der Waals surface area contributed by atoms with Gasteiger partial charge in [0.2, 0.25) is 0 Å². The van der Waals surface area contributed by atoms with Gasteiger partial charge in [0.05, 0.1) is 12.3 Å². The van der Waals surface area contributed by atoms with Crippen LogP contribution >= 0.6 is 0 Å². The van der Waals surface area contributed by atoms with E-state index in [2.05, 4.69) is 30.1 Å². The van der Waals surface area contributed by atoms with Gasteiger partial charge in [-0.1, -0.05) is 37.6 Å². The fourth-order valence-electron chi connectivity index (χ4n) is 7.31. The Morgan fingerprint density at radius 3 is 2.57 bits per heavy atom. The van der Waals surface area contributed by atoms with Gasteiger partial charge in [-0.3, -0.25) is 0 Å². The number of benzene rings is 1. The average molecular weight is 409 g/mol. The first-order valence-corrected chi connectivity index (χ1v) is 11.6. The molecule has 0 bridgehead atoms. The summed E-state index contributed by atoms with van der Waals surface area (Å²) in [4.78, 5) is 0. The molecule has 3 saturated carbocycles. The Morgan fingerprint density at radius 2 is 1.77 bits per heavy atom. The van der Waals surface area contributed by atoms with Crippen LogP contribution in [0.2, 0.25) is 0 Å². The molecule has 30 heavy (non-hydrogen) atoms. The highest BCUT2D eigenvalue weighted by Crippen LogP contribution is 2.64. The molecule has 0 spiro atoms. The number of allylic oxidation sites excluding steroid dienone is 1. The summed E-state index contributed by atoms with van der Waals surface area (Å²) in [6.07, 6.45) is 12.9. The number of aliphatic hydroxyl groups is 1. The number of nitrogens with zero attached hydrogens (tertiary/aromatic N) is 2. The molecule has 0 heterocycles. The molecule has 3 fully saturated rings. The minimum absolute atomic E-state index is 0.140. The lowest BCUT2D eigenvalue weighted by Crippen LogP contribution is -2.50. The lowest BCUT2D eigenvalue weighted by molar-refractivity contribution is -0.0209. The largest absolute Gasteiger partial charge is 0.393 e. The second-order valence-corrected chi connectivity index (χ2v) is 10.5. The molecular formula is C26H33FN2O. The topological polar surface area (TPSA) is 45.0 Å². The Labute approximate surface area is 179 Å². The Hall–Kier alpha value is -1.81. The standard InChI is InChI=1S/C26H33FN2O/c1-25-13-11-20(30)15-18(25)5-8-21-22-9-10-24(26(22,2)14-12-23(21)25)29-28-16-17-3-6-19(27)7-4-17/h3-7,16,20-23,30H,8-15H2,1-2H3/b28-16-,29-24-/t20-,21-,22-,23-,25-,26-/m0/s1. The molecule has 0 unspecified atom stereocenters. The molecule has 0 aromatic heterocycles. The minimum atomic E-state index is -0.229. The quantitative estimate of drug-likeness (QED) is 0.368. The molecule has 4 aliphatic carbocycles. The Kier molecular flexibility index (Phi) is 4.96. The predicted octanol–water partition coefficient (Wildman–Crippen LogP) is 5.92. The van der Waals surface area contributed by atoms with Crippen LogP contribution in [0.5, 0.6) is 0 Å². The van der Waals surface area contributed by atoms with Crippen molar-refractivity contribution in [3.63, 3.8) is 0 Å². The van der Waals surface area contributed by atoms with Crippen LogP contribution < -0.4 is 0 Å². The third kappa shape index (κ3) is 3.19. The highest BCUT2D eigenvalue weighted by molar-refractivity contribution is 5.93. The van der Waals surface area contributed by atoms with E-state index >= 15 is 0 Å². The molecule has 0 saturated heterocycles. The summed E-state index contributed by atoms with van der Waals surface area (Å²) in [6.45, 7) is 4.89. The van der Waals surface area contributed by atoms with E-state index in [9.17, 15) is 9.50 Å². The van der Waals surface area contributed by atoms with Crippen LogP contribution in [0.1, 0.15) is 70.8 Å². The average Bonchev–Trinajstić information content (AvgIpc) is 3.06. The van der Waals surface area contributed by atoms with Gasteiger partial charge in [0, 0.05) is 11.1 Å². The molecule has 0 radical (unpaired) electrons. The third-order valence-corrected chi connectivity index (χ3v) is 9.07. The maximum absolute atomic E-state index is 13.1. The Bertz CT molecular complexity index is 904. The normalized spacial score (nSPS) is 42.0. The zero-order chi connectivity index (χ0) is 20.9. The summed E-state index contributed by atoms with van der Waals surface area (Å²) in [5.41, 5.74) is 4.09. The van der Waals surface area contributed by atoms with Crippen molar-refractivity contribution in [2.45, 2.75) is 71.3 Å². The fraction of sp³-hybridized carbons (Fsp3) is 0.615. The maximum atomic E-state index is 13.1. The van der Waals surface area contributed by atoms with Gasteiger partial charge in [0.15, 0.2) is 0 Å². The monoisotopic (exact) mass is 408 g/mol. The van der Waals surface area contributed by atoms with Gasteiger partial charge >= 0.3 is 0 Å². The lowest BCUT2D eigenvalue weighted by atomic mass is 9.48. The van der Waals surface area contributed by atoms with E-state index in [1.165, 1.54) is 42.7 Å². The number of fused-ring (bicyclic) bond motifs is 5. The predicted molar refractivity (Wildman–Crippen MR) is 119 cm³/mol. The first-order valence-electron chi connectivity index (χ1n) is 11.6. The van der Waals surface area contributed by atoms with E-state index in [0.29, 0.717) is 5.92 Å². The molecule has 1 aromatic carbocycles. The van der Waals surface area contributed by atoms with Crippen molar-refractivity contribution in [1.82, 2.24) is 0 Å². The zero-order valence-corrected chi connectivity index (χ0v) is 18.1. The lowest BCUT2D eigenvalue weighted by Gasteiger charge is -2.57. The molecule has 0 amide bonds. The number of aliphatic hydroxyl groups excluding tert-OH is 1. The Morgan fingerprint density at radius 1 is 1.03 bits per heavy atom. The van der Waals surface area contributed by atoms with E-state index in [-0.39, 0.29) is 22.8 Å². The molecule has 5 rings (SSSR count). The number of rotatable bonds is 2. The van der Waals surface area contributed by atoms with Crippen molar-refractivity contribution in [3.8, 4) is 0 Å². The van der Waals surface area contributed by atoms with Crippen LogP contribution in [0.15, 0.2) is 46.1 Å². The van der Waals surface area contributed by atoms with Crippen molar-refractivity contribution >= 4 is 11.9 Å². The molecule has 1 aromatic rings. The summed E-state index contributed by atoms with van der Waals surface area (Å²) in [5.74, 6) is 1.91. The first-order chi connectivity index (χ1) is 14.4.